The van der Waals surface area contributed by atoms with Gasteiger partial charge >= 0.3 is 6.18 Å². The summed E-state index contributed by atoms with van der Waals surface area (Å²) in [5.41, 5.74) is 5.68. The molecule has 2 aromatic heterocycles. The molecule has 0 unspecified atom stereocenters. The van der Waals surface area contributed by atoms with E-state index in [0.29, 0.717) is 16.7 Å². The monoisotopic (exact) mass is 413 g/mol. The van der Waals surface area contributed by atoms with Crippen LogP contribution in [-0.2, 0) is 6.18 Å². The van der Waals surface area contributed by atoms with E-state index in [1.54, 1.807) is 18.2 Å². The summed E-state index contributed by atoms with van der Waals surface area (Å²) in [6.45, 7) is 0. The zero-order chi connectivity index (χ0) is 21.3. The Morgan fingerprint density at radius 3 is 2.70 bits per heavy atom. The molecular formula is C20H14F3N5O2. The fourth-order valence-electron chi connectivity index (χ4n) is 2.86. The minimum atomic E-state index is -4.49. The Kier molecular flexibility index (Phi) is 4.74. The predicted octanol–water partition coefficient (Wildman–Crippen LogP) is 4.60. The number of carbonyl (C=O) groups excluding carboxylic acids is 1. The van der Waals surface area contributed by atoms with Crippen LogP contribution in [0.2, 0.25) is 0 Å². The van der Waals surface area contributed by atoms with E-state index in [9.17, 15) is 18.0 Å². The number of fused-ring (bicyclic) bond motifs is 1. The predicted molar refractivity (Wildman–Crippen MR) is 104 cm³/mol. The zero-order valence-electron chi connectivity index (χ0n) is 15.2. The second kappa shape index (κ2) is 7.39. The van der Waals surface area contributed by atoms with Gasteiger partial charge in [-0.05, 0) is 30.3 Å². The Hall–Kier alpha value is -4.08. The molecule has 2 heterocycles. The lowest BCUT2D eigenvalue weighted by molar-refractivity contribution is -0.137. The average Bonchev–Trinajstić information content (AvgIpc) is 3.11. The molecule has 0 aliphatic carbocycles. The Labute approximate surface area is 167 Å². The van der Waals surface area contributed by atoms with Crippen LogP contribution in [0.3, 0.4) is 0 Å². The number of nitrogens with zero attached hydrogens (tertiary/aromatic N) is 2. The molecule has 0 aliphatic heterocycles. The number of ether oxygens (including phenoxy) is 1. The van der Waals surface area contributed by atoms with Crippen molar-refractivity contribution in [3.63, 3.8) is 0 Å². The quantitative estimate of drug-likeness (QED) is 0.453. The summed E-state index contributed by atoms with van der Waals surface area (Å²) >= 11 is 0. The lowest BCUT2D eigenvalue weighted by Gasteiger charge is -2.09. The van der Waals surface area contributed by atoms with Crippen LogP contribution in [0.25, 0.3) is 10.9 Å². The molecule has 152 valence electrons. The number of H-pyrrole nitrogens is 1. The molecular weight excluding hydrogens is 399 g/mol. The molecule has 10 heteroatoms. The van der Waals surface area contributed by atoms with Crippen molar-refractivity contribution in [2.75, 3.05) is 11.1 Å². The third-order valence-electron chi connectivity index (χ3n) is 4.23. The molecule has 0 atom stereocenters. The van der Waals surface area contributed by atoms with Crippen molar-refractivity contribution < 1.29 is 22.7 Å². The lowest BCUT2D eigenvalue weighted by Crippen LogP contribution is -2.12. The van der Waals surface area contributed by atoms with Gasteiger partial charge in [-0.25, -0.2) is 9.97 Å². The first-order valence-electron chi connectivity index (χ1n) is 8.65. The number of rotatable bonds is 4. The molecule has 1 amide bonds. The van der Waals surface area contributed by atoms with E-state index in [-0.39, 0.29) is 22.9 Å². The SMILES string of the molecule is Nc1cc(Oc2ccc3c(C(=O)Nc4cccc(C(F)(F)F)c4)c[nH]c3c2)ncn1. The van der Waals surface area contributed by atoms with Crippen LogP contribution in [0.15, 0.2) is 61.1 Å². The molecule has 7 nitrogen and oxygen atoms in total. The van der Waals surface area contributed by atoms with E-state index in [0.717, 1.165) is 12.1 Å². The average molecular weight is 413 g/mol. The molecule has 0 aliphatic rings. The van der Waals surface area contributed by atoms with E-state index >= 15 is 0 Å². The van der Waals surface area contributed by atoms with Gasteiger partial charge in [-0.1, -0.05) is 6.07 Å². The van der Waals surface area contributed by atoms with E-state index < -0.39 is 17.6 Å². The zero-order valence-corrected chi connectivity index (χ0v) is 15.2. The Morgan fingerprint density at radius 2 is 1.93 bits per heavy atom. The number of benzene rings is 2. The lowest BCUT2D eigenvalue weighted by atomic mass is 10.1. The maximum absolute atomic E-state index is 12.9. The van der Waals surface area contributed by atoms with Crippen LogP contribution < -0.4 is 15.8 Å². The second-order valence-corrected chi connectivity index (χ2v) is 6.33. The summed E-state index contributed by atoms with van der Waals surface area (Å²) in [7, 11) is 0. The van der Waals surface area contributed by atoms with Crippen molar-refractivity contribution in [1.29, 1.82) is 0 Å². The minimum Gasteiger partial charge on any atom is -0.439 e. The van der Waals surface area contributed by atoms with Gasteiger partial charge < -0.3 is 20.8 Å². The van der Waals surface area contributed by atoms with E-state index in [2.05, 4.69) is 20.3 Å². The van der Waals surface area contributed by atoms with Crippen molar-refractivity contribution in [2.24, 2.45) is 0 Å². The summed E-state index contributed by atoms with van der Waals surface area (Å²) in [6, 6.07) is 10.9. The number of aromatic nitrogens is 3. The number of aromatic amines is 1. The topological polar surface area (TPSA) is 106 Å². The molecule has 0 saturated carbocycles. The number of nitrogens with one attached hydrogen (secondary N) is 2. The van der Waals surface area contributed by atoms with Crippen molar-refractivity contribution in [3.05, 3.63) is 72.2 Å². The number of anilines is 2. The second-order valence-electron chi connectivity index (χ2n) is 6.33. The Morgan fingerprint density at radius 1 is 1.10 bits per heavy atom. The summed E-state index contributed by atoms with van der Waals surface area (Å²) in [5, 5.41) is 3.07. The van der Waals surface area contributed by atoms with Crippen molar-refractivity contribution in [1.82, 2.24) is 15.0 Å². The highest BCUT2D eigenvalue weighted by Crippen LogP contribution is 2.31. The number of halogens is 3. The molecule has 30 heavy (non-hydrogen) atoms. The number of carbonyl (C=O) groups is 1. The molecule has 0 radical (unpaired) electrons. The summed E-state index contributed by atoms with van der Waals surface area (Å²) in [6.07, 6.45) is -1.75. The van der Waals surface area contributed by atoms with Crippen LogP contribution in [0.1, 0.15) is 15.9 Å². The van der Waals surface area contributed by atoms with E-state index in [4.69, 9.17) is 10.5 Å². The van der Waals surface area contributed by atoms with Gasteiger partial charge in [-0.2, -0.15) is 13.2 Å². The molecule has 4 aromatic rings. The Balaban J connectivity index is 1.55. The highest BCUT2D eigenvalue weighted by atomic mass is 19.4. The maximum Gasteiger partial charge on any atom is 0.416 e. The van der Waals surface area contributed by atoms with Gasteiger partial charge in [0.2, 0.25) is 5.88 Å². The van der Waals surface area contributed by atoms with Crippen LogP contribution in [0.4, 0.5) is 24.7 Å². The first kappa shape index (κ1) is 19.2. The van der Waals surface area contributed by atoms with Crippen LogP contribution in [0, 0.1) is 0 Å². The third-order valence-corrected chi connectivity index (χ3v) is 4.23. The molecule has 4 N–H and O–H groups in total. The first-order valence-corrected chi connectivity index (χ1v) is 8.65. The smallest absolute Gasteiger partial charge is 0.416 e. The van der Waals surface area contributed by atoms with E-state index in [1.807, 2.05) is 0 Å². The van der Waals surface area contributed by atoms with Crippen molar-refractivity contribution >= 4 is 28.3 Å². The van der Waals surface area contributed by atoms with Gasteiger partial charge in [0.1, 0.15) is 17.9 Å². The molecule has 0 bridgehead atoms. The molecule has 0 spiro atoms. The largest absolute Gasteiger partial charge is 0.439 e. The normalized spacial score (nSPS) is 11.4. The van der Waals surface area contributed by atoms with Gasteiger partial charge in [0.25, 0.3) is 5.91 Å². The Bertz CT molecular complexity index is 1240. The number of hydrogen-bond donors (Lipinski definition) is 3. The third kappa shape index (κ3) is 4.02. The van der Waals surface area contributed by atoms with Crippen LogP contribution >= 0.6 is 0 Å². The molecule has 4 rings (SSSR count). The number of nitrogen functional groups attached to an aromatic ring is 1. The number of alkyl halides is 3. The standard InChI is InChI=1S/C20H14F3N5O2/c21-20(22,23)11-2-1-3-12(6-11)28-19(29)15-9-25-16-7-13(4-5-14(15)16)30-18-8-17(24)26-10-27-18/h1-10,25H,(H,28,29)(H2,24,26,27). The maximum atomic E-state index is 12.9. The fourth-order valence-corrected chi connectivity index (χ4v) is 2.86. The van der Waals surface area contributed by atoms with E-state index in [1.165, 1.54) is 30.7 Å². The van der Waals surface area contributed by atoms with Crippen molar-refractivity contribution in [3.8, 4) is 11.6 Å². The molecule has 2 aromatic carbocycles. The number of nitrogens with two attached hydrogens (primary N) is 1. The summed E-state index contributed by atoms with van der Waals surface area (Å²) in [4.78, 5) is 23.3. The van der Waals surface area contributed by atoms with Crippen LogP contribution in [-0.4, -0.2) is 20.9 Å². The minimum absolute atomic E-state index is 0.0467. The van der Waals surface area contributed by atoms with Gasteiger partial charge in [-0.3, -0.25) is 4.79 Å². The molecule has 0 saturated heterocycles. The number of hydrogen-bond acceptors (Lipinski definition) is 5. The first-order chi connectivity index (χ1) is 14.3. The van der Waals surface area contributed by atoms with Gasteiger partial charge in [0.15, 0.2) is 0 Å². The summed E-state index contributed by atoms with van der Waals surface area (Å²) in [5.74, 6) is 0.426. The fraction of sp³-hybridized carbons (Fsp3) is 0.0500. The van der Waals surface area contributed by atoms with Gasteiger partial charge in [-0.15, -0.1) is 0 Å². The van der Waals surface area contributed by atoms with Crippen molar-refractivity contribution in [2.45, 2.75) is 6.18 Å². The highest BCUT2D eigenvalue weighted by Gasteiger charge is 2.30. The van der Waals surface area contributed by atoms with Gasteiger partial charge in [0, 0.05) is 34.9 Å². The summed E-state index contributed by atoms with van der Waals surface area (Å²) < 4.78 is 44.2. The van der Waals surface area contributed by atoms with Crippen LogP contribution in [0.5, 0.6) is 11.6 Å². The molecule has 0 fully saturated rings. The highest BCUT2D eigenvalue weighted by molar-refractivity contribution is 6.12. The number of amides is 1. The van der Waals surface area contributed by atoms with Gasteiger partial charge in [0.05, 0.1) is 11.1 Å².